The smallest absolute Gasteiger partial charge is 0.155 e. The van der Waals surface area contributed by atoms with Crippen LogP contribution in [0.5, 0.6) is 0 Å². The summed E-state index contributed by atoms with van der Waals surface area (Å²) in [4.78, 5) is 0. The van der Waals surface area contributed by atoms with E-state index in [-0.39, 0.29) is 11.9 Å². The van der Waals surface area contributed by atoms with Gasteiger partial charge in [0, 0.05) is 11.3 Å². The van der Waals surface area contributed by atoms with Crippen molar-refractivity contribution in [1.29, 1.82) is 0 Å². The largest absolute Gasteiger partial charge is 0.353 e. The summed E-state index contributed by atoms with van der Waals surface area (Å²) in [7, 11) is 0. The fourth-order valence-corrected chi connectivity index (χ4v) is 5.36. The molecule has 104 valence electrons. The first kappa shape index (κ1) is 12.9. The van der Waals surface area contributed by atoms with E-state index < -0.39 is 0 Å². The van der Waals surface area contributed by atoms with Crippen LogP contribution < -0.4 is 0 Å². The highest BCUT2D eigenvalue weighted by atomic mass is 16.7. The Balaban J connectivity index is 2.04. The highest BCUT2D eigenvalue weighted by molar-refractivity contribution is 5.20. The van der Waals surface area contributed by atoms with E-state index in [2.05, 4.69) is 34.6 Å². The molecule has 2 heteroatoms. The Morgan fingerprint density at radius 1 is 1.22 bits per heavy atom. The van der Waals surface area contributed by atoms with Crippen LogP contribution in [0.1, 0.15) is 60.3 Å². The third-order valence-electron chi connectivity index (χ3n) is 6.98. The second kappa shape index (κ2) is 3.73. The molecule has 1 aliphatic heterocycles. The second-order valence-electron chi connectivity index (χ2n) is 7.51. The number of fused-ring (bicyclic) bond motifs is 3. The number of hydrogen-bond donors (Lipinski definition) is 0. The van der Waals surface area contributed by atoms with Crippen molar-refractivity contribution in [2.45, 2.75) is 72.2 Å². The molecule has 2 saturated carbocycles. The lowest BCUT2D eigenvalue weighted by Gasteiger charge is -2.55. The molecule has 3 aliphatic rings. The summed E-state index contributed by atoms with van der Waals surface area (Å²) < 4.78 is 12.3. The van der Waals surface area contributed by atoms with Crippen LogP contribution in [0.15, 0.2) is 0 Å². The van der Waals surface area contributed by atoms with Crippen molar-refractivity contribution < 1.29 is 9.47 Å². The van der Waals surface area contributed by atoms with Crippen molar-refractivity contribution in [3.05, 3.63) is 0 Å². The van der Waals surface area contributed by atoms with Gasteiger partial charge in [-0.15, -0.1) is 0 Å². The maximum atomic E-state index is 6.49. The van der Waals surface area contributed by atoms with Crippen LogP contribution >= 0.6 is 0 Å². The molecule has 3 fully saturated rings. The number of ether oxygens (including phenoxy) is 2. The second-order valence-corrected chi connectivity index (χ2v) is 7.51. The Hall–Kier alpha value is -0.0800. The van der Waals surface area contributed by atoms with Gasteiger partial charge in [-0.2, -0.15) is 0 Å². The molecule has 2 aliphatic carbocycles. The SMILES string of the molecule is CCC1COC(C)OC12CC1CCC2(C)C1(C)C. The van der Waals surface area contributed by atoms with Crippen molar-refractivity contribution in [2.75, 3.05) is 6.61 Å². The quantitative estimate of drug-likeness (QED) is 0.702. The molecular weight excluding hydrogens is 224 g/mol. The van der Waals surface area contributed by atoms with Gasteiger partial charge < -0.3 is 9.47 Å². The molecule has 0 radical (unpaired) electrons. The normalized spacial score (nSPS) is 54.2. The van der Waals surface area contributed by atoms with Crippen LogP contribution in [0, 0.1) is 22.7 Å². The van der Waals surface area contributed by atoms with E-state index in [9.17, 15) is 0 Å². The molecule has 0 amide bonds. The van der Waals surface area contributed by atoms with Crippen LogP contribution in [0.2, 0.25) is 0 Å². The summed E-state index contributed by atoms with van der Waals surface area (Å²) in [5.74, 6) is 1.41. The summed E-state index contributed by atoms with van der Waals surface area (Å²) in [6.07, 6.45) is 5.11. The molecule has 5 atom stereocenters. The zero-order valence-electron chi connectivity index (χ0n) is 12.6. The third-order valence-corrected chi connectivity index (χ3v) is 6.98. The van der Waals surface area contributed by atoms with Crippen molar-refractivity contribution in [3.8, 4) is 0 Å². The van der Waals surface area contributed by atoms with E-state index in [4.69, 9.17) is 9.47 Å². The molecule has 0 N–H and O–H groups in total. The van der Waals surface area contributed by atoms with Gasteiger partial charge >= 0.3 is 0 Å². The summed E-state index contributed by atoms with van der Waals surface area (Å²) in [5, 5.41) is 0. The molecule has 3 rings (SSSR count). The van der Waals surface area contributed by atoms with Gasteiger partial charge in [0.1, 0.15) is 0 Å². The average Bonchev–Trinajstić information content (AvgIpc) is 2.61. The average molecular weight is 252 g/mol. The van der Waals surface area contributed by atoms with Gasteiger partial charge in [-0.1, -0.05) is 27.7 Å². The van der Waals surface area contributed by atoms with Crippen LogP contribution in [-0.2, 0) is 9.47 Å². The Labute approximate surface area is 111 Å². The predicted molar refractivity (Wildman–Crippen MR) is 72.2 cm³/mol. The molecule has 1 saturated heterocycles. The third kappa shape index (κ3) is 1.27. The summed E-state index contributed by atoms with van der Waals surface area (Å²) in [6, 6.07) is 0. The van der Waals surface area contributed by atoms with Gasteiger partial charge in [-0.05, 0) is 43.9 Å². The summed E-state index contributed by atoms with van der Waals surface area (Å²) in [5.41, 5.74) is 0.812. The fourth-order valence-electron chi connectivity index (χ4n) is 5.36. The molecule has 2 bridgehead atoms. The number of rotatable bonds is 1. The Bertz CT molecular complexity index is 351. The Morgan fingerprint density at radius 3 is 2.44 bits per heavy atom. The van der Waals surface area contributed by atoms with Crippen molar-refractivity contribution in [2.24, 2.45) is 22.7 Å². The monoisotopic (exact) mass is 252 g/mol. The summed E-state index contributed by atoms with van der Waals surface area (Å²) in [6.45, 7) is 12.7. The molecule has 5 unspecified atom stereocenters. The van der Waals surface area contributed by atoms with Crippen LogP contribution in [-0.4, -0.2) is 18.5 Å². The maximum absolute atomic E-state index is 6.49. The first-order valence-electron chi connectivity index (χ1n) is 7.67. The zero-order chi connectivity index (χ0) is 13.2. The minimum Gasteiger partial charge on any atom is -0.353 e. The van der Waals surface area contributed by atoms with Crippen LogP contribution in [0.4, 0.5) is 0 Å². The zero-order valence-corrected chi connectivity index (χ0v) is 12.6. The van der Waals surface area contributed by atoms with Gasteiger partial charge in [0.25, 0.3) is 0 Å². The van der Waals surface area contributed by atoms with Gasteiger partial charge in [0.05, 0.1) is 12.2 Å². The van der Waals surface area contributed by atoms with E-state index in [1.165, 1.54) is 25.7 Å². The van der Waals surface area contributed by atoms with E-state index in [0.717, 1.165) is 12.5 Å². The van der Waals surface area contributed by atoms with E-state index in [1.807, 2.05) is 0 Å². The van der Waals surface area contributed by atoms with Crippen molar-refractivity contribution in [3.63, 3.8) is 0 Å². The van der Waals surface area contributed by atoms with Crippen molar-refractivity contribution >= 4 is 0 Å². The highest BCUT2D eigenvalue weighted by Gasteiger charge is 2.72. The van der Waals surface area contributed by atoms with Gasteiger partial charge in [0.2, 0.25) is 0 Å². The molecule has 0 aromatic heterocycles. The van der Waals surface area contributed by atoms with E-state index >= 15 is 0 Å². The lowest BCUT2D eigenvalue weighted by molar-refractivity contribution is -0.311. The van der Waals surface area contributed by atoms with E-state index in [1.54, 1.807) is 0 Å². The minimum absolute atomic E-state index is 0.0280. The molecule has 1 heterocycles. The molecule has 0 aromatic carbocycles. The lowest BCUT2D eigenvalue weighted by atomic mass is 9.59. The number of hydrogen-bond acceptors (Lipinski definition) is 2. The van der Waals surface area contributed by atoms with Gasteiger partial charge in [0.15, 0.2) is 6.29 Å². The molecule has 18 heavy (non-hydrogen) atoms. The van der Waals surface area contributed by atoms with Crippen molar-refractivity contribution in [1.82, 2.24) is 0 Å². The van der Waals surface area contributed by atoms with Gasteiger partial charge in [-0.3, -0.25) is 0 Å². The maximum Gasteiger partial charge on any atom is 0.155 e. The molecule has 1 spiro atoms. The Morgan fingerprint density at radius 2 is 1.94 bits per heavy atom. The summed E-state index contributed by atoms with van der Waals surface area (Å²) >= 11 is 0. The topological polar surface area (TPSA) is 18.5 Å². The predicted octanol–water partition coefficient (Wildman–Crippen LogP) is 3.99. The first-order chi connectivity index (χ1) is 8.37. The van der Waals surface area contributed by atoms with Crippen LogP contribution in [0.25, 0.3) is 0 Å². The molecular formula is C16H28O2. The first-order valence-corrected chi connectivity index (χ1v) is 7.67. The van der Waals surface area contributed by atoms with Crippen LogP contribution in [0.3, 0.4) is 0 Å². The fraction of sp³-hybridized carbons (Fsp3) is 1.00. The Kier molecular flexibility index (Phi) is 2.68. The standard InChI is InChI=1S/C16H28O2/c1-6-12-10-17-11(2)18-16(12)9-13-7-8-15(16,5)14(13,3)4/h11-13H,6-10H2,1-5H3. The van der Waals surface area contributed by atoms with Gasteiger partial charge in [-0.25, -0.2) is 0 Å². The lowest BCUT2D eigenvalue weighted by Crippen LogP contribution is -2.59. The molecule has 2 nitrogen and oxygen atoms in total. The highest BCUT2D eigenvalue weighted by Crippen LogP contribution is 2.73. The van der Waals surface area contributed by atoms with E-state index in [0.29, 0.717) is 16.7 Å². The molecule has 0 aromatic rings. The minimum atomic E-state index is -0.0280.